The summed E-state index contributed by atoms with van der Waals surface area (Å²) in [5.74, 6) is 1.78. The van der Waals surface area contributed by atoms with E-state index in [0.29, 0.717) is 12.1 Å². The van der Waals surface area contributed by atoms with Crippen molar-refractivity contribution in [2.75, 3.05) is 0 Å². The van der Waals surface area contributed by atoms with Crippen molar-refractivity contribution < 1.29 is 0 Å². The standard InChI is InChI=1S/C14H15N5O/c1-10-5-7-18(14(20)11(10)8-15)9-13-17-16-12-4-2-3-6-19(12)13/h5,7H,2-4,6,9H2,1H3. The van der Waals surface area contributed by atoms with Crippen LogP contribution in [0.15, 0.2) is 17.1 Å². The molecule has 6 nitrogen and oxygen atoms in total. The van der Waals surface area contributed by atoms with Crippen molar-refractivity contribution >= 4 is 0 Å². The number of fused-ring (bicyclic) bond motifs is 1. The molecule has 0 saturated heterocycles. The van der Waals surface area contributed by atoms with E-state index in [4.69, 9.17) is 5.26 Å². The Morgan fingerprint density at radius 1 is 1.40 bits per heavy atom. The third-order valence-electron chi connectivity index (χ3n) is 3.73. The van der Waals surface area contributed by atoms with Gasteiger partial charge in [0.05, 0.1) is 6.54 Å². The molecule has 6 heteroatoms. The maximum Gasteiger partial charge on any atom is 0.269 e. The van der Waals surface area contributed by atoms with Gasteiger partial charge in [0.15, 0.2) is 5.82 Å². The Balaban J connectivity index is 1.99. The number of aryl methyl sites for hydroxylation is 2. The fourth-order valence-corrected chi connectivity index (χ4v) is 2.56. The van der Waals surface area contributed by atoms with Gasteiger partial charge >= 0.3 is 0 Å². The lowest BCUT2D eigenvalue weighted by molar-refractivity contribution is 0.500. The van der Waals surface area contributed by atoms with Crippen molar-refractivity contribution in [2.45, 2.75) is 39.3 Å². The predicted molar refractivity (Wildman–Crippen MR) is 72.2 cm³/mol. The molecule has 2 aromatic heterocycles. The van der Waals surface area contributed by atoms with Gasteiger partial charge in [0.2, 0.25) is 0 Å². The van der Waals surface area contributed by atoms with Crippen LogP contribution in [0.5, 0.6) is 0 Å². The molecule has 0 unspecified atom stereocenters. The van der Waals surface area contributed by atoms with Gasteiger partial charge in [-0.15, -0.1) is 10.2 Å². The summed E-state index contributed by atoms with van der Waals surface area (Å²) in [6.45, 7) is 3.04. The van der Waals surface area contributed by atoms with E-state index in [1.165, 1.54) is 4.57 Å². The number of hydrogen-bond donors (Lipinski definition) is 0. The molecule has 2 aromatic rings. The summed E-state index contributed by atoms with van der Waals surface area (Å²) in [6.07, 6.45) is 4.91. The minimum absolute atomic E-state index is 0.200. The highest BCUT2D eigenvalue weighted by Crippen LogP contribution is 2.14. The first-order chi connectivity index (χ1) is 9.70. The summed E-state index contributed by atoms with van der Waals surface area (Å²) in [6, 6.07) is 3.75. The van der Waals surface area contributed by atoms with Gasteiger partial charge < -0.3 is 9.13 Å². The number of pyridine rings is 1. The summed E-state index contributed by atoms with van der Waals surface area (Å²) in [4.78, 5) is 12.2. The van der Waals surface area contributed by atoms with Crippen molar-refractivity contribution in [3.63, 3.8) is 0 Å². The maximum atomic E-state index is 12.2. The van der Waals surface area contributed by atoms with E-state index in [9.17, 15) is 4.79 Å². The Labute approximate surface area is 116 Å². The van der Waals surface area contributed by atoms with Gasteiger partial charge in [-0.05, 0) is 31.4 Å². The van der Waals surface area contributed by atoms with Crippen molar-refractivity contribution in [1.82, 2.24) is 19.3 Å². The molecule has 1 aliphatic heterocycles. The van der Waals surface area contributed by atoms with Crippen LogP contribution in [0.3, 0.4) is 0 Å². The monoisotopic (exact) mass is 269 g/mol. The molecule has 0 fully saturated rings. The largest absolute Gasteiger partial charge is 0.313 e. The van der Waals surface area contributed by atoms with Crippen LogP contribution in [0.2, 0.25) is 0 Å². The Hall–Kier alpha value is -2.42. The van der Waals surface area contributed by atoms with Crippen LogP contribution in [-0.2, 0) is 19.5 Å². The second-order valence-corrected chi connectivity index (χ2v) is 5.06. The Morgan fingerprint density at radius 3 is 3.05 bits per heavy atom. The summed E-state index contributed by atoms with van der Waals surface area (Å²) in [7, 11) is 0. The van der Waals surface area contributed by atoms with E-state index in [0.717, 1.165) is 37.5 Å². The fourth-order valence-electron chi connectivity index (χ4n) is 2.56. The molecule has 1 aliphatic rings. The summed E-state index contributed by atoms with van der Waals surface area (Å²) in [5.41, 5.74) is 0.642. The van der Waals surface area contributed by atoms with Crippen molar-refractivity contribution in [1.29, 1.82) is 5.26 Å². The first-order valence-electron chi connectivity index (χ1n) is 6.72. The van der Waals surface area contributed by atoms with Crippen LogP contribution in [0.4, 0.5) is 0 Å². The van der Waals surface area contributed by atoms with Crippen molar-refractivity contribution in [3.8, 4) is 6.07 Å². The van der Waals surface area contributed by atoms with E-state index >= 15 is 0 Å². The molecule has 0 aliphatic carbocycles. The fraction of sp³-hybridized carbons (Fsp3) is 0.429. The number of hydrogen-bond acceptors (Lipinski definition) is 4. The number of nitrogens with zero attached hydrogens (tertiary/aromatic N) is 5. The molecule has 3 rings (SSSR count). The third-order valence-corrected chi connectivity index (χ3v) is 3.73. The SMILES string of the molecule is Cc1ccn(Cc2nnc3n2CCCC3)c(=O)c1C#N. The topological polar surface area (TPSA) is 76.5 Å². The molecule has 0 bridgehead atoms. The van der Waals surface area contributed by atoms with Crippen LogP contribution < -0.4 is 5.56 Å². The van der Waals surface area contributed by atoms with Gasteiger partial charge in [-0.25, -0.2) is 0 Å². The van der Waals surface area contributed by atoms with Crippen molar-refractivity contribution in [2.24, 2.45) is 0 Å². The molecule has 3 heterocycles. The van der Waals surface area contributed by atoms with E-state index < -0.39 is 0 Å². The van der Waals surface area contributed by atoms with E-state index in [-0.39, 0.29) is 11.1 Å². The molecule has 0 aromatic carbocycles. The average Bonchev–Trinajstić information content (AvgIpc) is 2.86. The van der Waals surface area contributed by atoms with Gasteiger partial charge in [-0.2, -0.15) is 5.26 Å². The van der Waals surface area contributed by atoms with E-state index in [1.807, 2.05) is 6.07 Å². The van der Waals surface area contributed by atoms with Crippen LogP contribution in [0, 0.1) is 18.3 Å². The van der Waals surface area contributed by atoms with Gasteiger partial charge in [0.25, 0.3) is 5.56 Å². The average molecular weight is 269 g/mol. The zero-order valence-electron chi connectivity index (χ0n) is 11.3. The van der Waals surface area contributed by atoms with E-state index in [1.54, 1.807) is 19.2 Å². The Morgan fingerprint density at radius 2 is 2.25 bits per heavy atom. The Bertz CT molecular complexity index is 750. The summed E-state index contributed by atoms with van der Waals surface area (Å²) in [5, 5.41) is 17.4. The highest BCUT2D eigenvalue weighted by molar-refractivity contribution is 5.34. The molecular formula is C14H15N5O. The van der Waals surface area contributed by atoms with Gasteiger partial charge in [-0.3, -0.25) is 4.79 Å². The minimum Gasteiger partial charge on any atom is -0.313 e. The van der Waals surface area contributed by atoms with Crippen LogP contribution in [0.1, 0.15) is 35.6 Å². The minimum atomic E-state index is -0.263. The lowest BCUT2D eigenvalue weighted by Gasteiger charge is -2.15. The molecule has 0 spiro atoms. The lowest BCUT2D eigenvalue weighted by Crippen LogP contribution is -2.25. The van der Waals surface area contributed by atoms with Crippen LogP contribution in [0.25, 0.3) is 0 Å². The third kappa shape index (κ3) is 2.01. The highest BCUT2D eigenvalue weighted by atomic mass is 16.1. The van der Waals surface area contributed by atoms with Crippen LogP contribution >= 0.6 is 0 Å². The zero-order chi connectivity index (χ0) is 14.1. The molecule has 0 N–H and O–H groups in total. The lowest BCUT2D eigenvalue weighted by atomic mass is 10.1. The predicted octanol–water partition coefficient (Wildman–Crippen LogP) is 1.00. The van der Waals surface area contributed by atoms with Crippen molar-refractivity contribution in [3.05, 3.63) is 45.4 Å². The van der Waals surface area contributed by atoms with E-state index in [2.05, 4.69) is 14.8 Å². The number of nitriles is 1. The molecule has 0 atom stereocenters. The quantitative estimate of drug-likeness (QED) is 0.815. The van der Waals surface area contributed by atoms with Gasteiger partial charge in [0.1, 0.15) is 17.5 Å². The van der Waals surface area contributed by atoms with Gasteiger partial charge in [-0.1, -0.05) is 0 Å². The summed E-state index contributed by atoms with van der Waals surface area (Å²) >= 11 is 0. The molecule has 102 valence electrons. The highest BCUT2D eigenvalue weighted by Gasteiger charge is 2.16. The molecular weight excluding hydrogens is 254 g/mol. The molecule has 20 heavy (non-hydrogen) atoms. The second kappa shape index (κ2) is 4.93. The molecule has 0 saturated carbocycles. The zero-order valence-corrected chi connectivity index (χ0v) is 11.3. The normalized spacial score (nSPS) is 13.8. The maximum absolute atomic E-state index is 12.2. The van der Waals surface area contributed by atoms with Gasteiger partial charge in [0, 0.05) is 19.2 Å². The van der Waals surface area contributed by atoms with Crippen LogP contribution in [-0.4, -0.2) is 19.3 Å². The second-order valence-electron chi connectivity index (χ2n) is 5.06. The molecule has 0 radical (unpaired) electrons. The number of rotatable bonds is 2. The first kappa shape index (κ1) is 12.6. The first-order valence-corrected chi connectivity index (χ1v) is 6.72. The summed E-state index contributed by atoms with van der Waals surface area (Å²) < 4.78 is 3.61. The molecule has 0 amide bonds. The smallest absolute Gasteiger partial charge is 0.269 e. The Kier molecular flexibility index (Phi) is 3.11. The number of aromatic nitrogens is 4.